The Morgan fingerprint density at radius 1 is 0.897 bits per heavy atom. The quantitative estimate of drug-likeness (QED) is 0.611. The fraction of sp³-hybridized carbons (Fsp3) is 0.160. The number of hydrogen-bond acceptors (Lipinski definition) is 3. The molecule has 1 saturated heterocycles. The Labute approximate surface area is 169 Å². The Kier molecular flexibility index (Phi) is 4.62. The molecule has 0 spiro atoms. The van der Waals surface area contributed by atoms with E-state index in [1.807, 2.05) is 59.5 Å². The van der Waals surface area contributed by atoms with Crippen molar-refractivity contribution in [2.45, 2.75) is 0 Å². The molecule has 0 unspecified atom stereocenters. The van der Waals surface area contributed by atoms with Crippen LogP contribution in [-0.4, -0.2) is 37.1 Å². The minimum atomic E-state index is 0.00738. The molecule has 0 saturated carbocycles. The van der Waals surface area contributed by atoms with Crippen LogP contribution in [0.25, 0.3) is 22.1 Å². The number of hydrogen-bond donors (Lipinski definition) is 0. The van der Waals surface area contributed by atoms with Gasteiger partial charge in [-0.25, -0.2) is 0 Å². The maximum atomic E-state index is 12.9. The molecule has 3 aromatic rings. The number of carbonyl (C=O) groups is 1. The molecule has 144 valence electrons. The minimum Gasteiger partial charge on any atom is -0.455 e. The van der Waals surface area contributed by atoms with Gasteiger partial charge in [0.2, 0.25) is 5.91 Å². The maximum absolute atomic E-state index is 12.9. The largest absolute Gasteiger partial charge is 0.455 e. The molecule has 0 aromatic heterocycles. The normalized spacial score (nSPS) is 17.6. The van der Waals surface area contributed by atoms with Crippen LogP contribution < -0.4 is 4.74 Å². The van der Waals surface area contributed by atoms with E-state index < -0.39 is 0 Å². The van der Waals surface area contributed by atoms with Gasteiger partial charge in [0.25, 0.3) is 0 Å². The second-order valence-electron chi connectivity index (χ2n) is 7.18. The van der Waals surface area contributed by atoms with Crippen LogP contribution >= 0.6 is 0 Å². The van der Waals surface area contributed by atoms with E-state index >= 15 is 0 Å². The van der Waals surface area contributed by atoms with Crippen molar-refractivity contribution in [3.63, 3.8) is 0 Å². The molecule has 5 rings (SSSR count). The van der Waals surface area contributed by atoms with Gasteiger partial charge in [-0.2, -0.15) is 0 Å². The van der Waals surface area contributed by atoms with E-state index in [2.05, 4.69) is 18.2 Å². The van der Waals surface area contributed by atoms with Crippen molar-refractivity contribution in [3.8, 4) is 5.75 Å². The molecule has 1 fully saturated rings. The zero-order chi connectivity index (χ0) is 19.6. The molecule has 2 heterocycles. The van der Waals surface area contributed by atoms with Crippen molar-refractivity contribution in [1.82, 2.24) is 4.90 Å². The number of amides is 1. The Morgan fingerprint density at radius 3 is 2.48 bits per heavy atom. The van der Waals surface area contributed by atoms with Gasteiger partial charge >= 0.3 is 0 Å². The number of morpholine rings is 1. The summed E-state index contributed by atoms with van der Waals surface area (Å²) in [6.07, 6.45) is 3.69. The topological polar surface area (TPSA) is 38.8 Å². The van der Waals surface area contributed by atoms with Crippen molar-refractivity contribution in [2.75, 3.05) is 26.3 Å². The Bertz CT molecular complexity index is 1130. The van der Waals surface area contributed by atoms with Crippen LogP contribution in [0, 0.1) is 0 Å². The number of allylic oxidation sites excluding steroid dienone is 2. The van der Waals surface area contributed by atoms with Crippen LogP contribution in [0.15, 0.2) is 78.9 Å². The average Bonchev–Trinajstić information content (AvgIpc) is 2.80. The van der Waals surface area contributed by atoms with Gasteiger partial charge in [-0.3, -0.25) is 4.79 Å². The highest BCUT2D eigenvalue weighted by Crippen LogP contribution is 2.41. The van der Waals surface area contributed by atoms with E-state index in [1.165, 1.54) is 0 Å². The predicted molar refractivity (Wildman–Crippen MR) is 114 cm³/mol. The molecular weight excluding hydrogens is 362 g/mol. The van der Waals surface area contributed by atoms with Crippen molar-refractivity contribution >= 4 is 28.0 Å². The number of nitrogens with zero attached hydrogens (tertiary/aromatic N) is 1. The van der Waals surface area contributed by atoms with E-state index in [4.69, 9.17) is 9.47 Å². The van der Waals surface area contributed by atoms with Crippen molar-refractivity contribution in [2.24, 2.45) is 0 Å². The number of rotatable bonds is 2. The van der Waals surface area contributed by atoms with Gasteiger partial charge < -0.3 is 14.4 Å². The summed E-state index contributed by atoms with van der Waals surface area (Å²) in [6, 6.07) is 22.3. The third-order valence-electron chi connectivity index (χ3n) is 5.35. The third kappa shape index (κ3) is 3.43. The fourth-order valence-corrected chi connectivity index (χ4v) is 3.81. The number of benzene rings is 3. The number of fused-ring (bicyclic) bond motifs is 3. The zero-order valence-corrected chi connectivity index (χ0v) is 16.0. The molecule has 4 heteroatoms. The molecule has 29 heavy (non-hydrogen) atoms. The van der Waals surface area contributed by atoms with E-state index in [0.29, 0.717) is 26.3 Å². The first kappa shape index (κ1) is 17.7. The van der Waals surface area contributed by atoms with E-state index in [1.54, 1.807) is 6.08 Å². The Morgan fingerprint density at radius 2 is 1.66 bits per heavy atom. The van der Waals surface area contributed by atoms with Crippen LogP contribution in [-0.2, 0) is 9.53 Å². The lowest BCUT2D eigenvalue weighted by Crippen LogP contribution is -2.39. The summed E-state index contributed by atoms with van der Waals surface area (Å²) >= 11 is 0. The van der Waals surface area contributed by atoms with Gasteiger partial charge in [0.1, 0.15) is 11.5 Å². The molecule has 2 aliphatic heterocycles. The summed E-state index contributed by atoms with van der Waals surface area (Å²) in [5, 5.41) is 2.15. The van der Waals surface area contributed by atoms with Gasteiger partial charge in [-0.05, 0) is 23.1 Å². The summed E-state index contributed by atoms with van der Waals surface area (Å²) < 4.78 is 11.7. The smallest absolute Gasteiger partial charge is 0.247 e. The zero-order valence-electron chi connectivity index (χ0n) is 16.0. The van der Waals surface area contributed by atoms with Crippen LogP contribution in [0.4, 0.5) is 0 Å². The van der Waals surface area contributed by atoms with Gasteiger partial charge in [0.05, 0.1) is 13.2 Å². The molecule has 4 nitrogen and oxygen atoms in total. The predicted octanol–water partition coefficient (Wildman–Crippen LogP) is 4.52. The van der Waals surface area contributed by atoms with Crippen LogP contribution in [0.1, 0.15) is 11.1 Å². The highest BCUT2D eigenvalue weighted by molar-refractivity contribution is 6.04. The summed E-state index contributed by atoms with van der Waals surface area (Å²) in [5.41, 5.74) is 2.79. The third-order valence-corrected chi connectivity index (χ3v) is 5.35. The molecule has 0 N–H and O–H groups in total. The van der Waals surface area contributed by atoms with Gasteiger partial charge in [-0.15, -0.1) is 0 Å². The fourth-order valence-electron chi connectivity index (χ4n) is 3.81. The second-order valence-corrected chi connectivity index (χ2v) is 7.18. The van der Waals surface area contributed by atoms with Crippen LogP contribution in [0.5, 0.6) is 5.75 Å². The number of carbonyl (C=O) groups excluding carboxylic acids is 1. The maximum Gasteiger partial charge on any atom is 0.247 e. The molecule has 3 aromatic carbocycles. The second kappa shape index (κ2) is 7.57. The van der Waals surface area contributed by atoms with Crippen molar-refractivity contribution in [1.29, 1.82) is 0 Å². The standard InChI is InChI=1S/C25H21NO3/c27-24(26-12-14-28-15-13-26)17-20-16-23(19-7-2-1-3-8-19)29-25-21-9-5-4-6-18(21)10-11-22(20)25/h1-11,16-17H,12-15H2/b20-17+. The molecule has 0 radical (unpaired) electrons. The van der Waals surface area contributed by atoms with E-state index in [9.17, 15) is 4.79 Å². The van der Waals surface area contributed by atoms with Gasteiger partial charge in [0, 0.05) is 35.7 Å². The van der Waals surface area contributed by atoms with Crippen LogP contribution in [0.2, 0.25) is 0 Å². The Balaban J connectivity index is 1.63. The summed E-state index contributed by atoms with van der Waals surface area (Å²) in [4.78, 5) is 14.7. The molecule has 0 aliphatic carbocycles. The van der Waals surface area contributed by atoms with Gasteiger partial charge in [0.15, 0.2) is 0 Å². The summed E-state index contributed by atoms with van der Waals surface area (Å²) in [5.74, 6) is 1.55. The lowest BCUT2D eigenvalue weighted by Gasteiger charge is -2.27. The van der Waals surface area contributed by atoms with Crippen molar-refractivity contribution < 1.29 is 14.3 Å². The number of ether oxygens (including phenoxy) is 2. The molecular formula is C25H21NO3. The first-order valence-electron chi connectivity index (χ1n) is 9.85. The highest BCUT2D eigenvalue weighted by atomic mass is 16.5. The molecule has 1 amide bonds. The van der Waals surface area contributed by atoms with Crippen LogP contribution in [0.3, 0.4) is 0 Å². The Hall–Kier alpha value is -3.37. The lowest BCUT2D eigenvalue weighted by molar-refractivity contribution is -0.129. The molecule has 0 bridgehead atoms. The molecule has 0 atom stereocenters. The highest BCUT2D eigenvalue weighted by Gasteiger charge is 2.22. The summed E-state index contributed by atoms with van der Waals surface area (Å²) in [6.45, 7) is 2.42. The molecule has 2 aliphatic rings. The SMILES string of the molecule is O=C(/C=C1\C=C(c2ccccc2)Oc2c1ccc1ccccc21)N1CCOCC1. The first-order chi connectivity index (χ1) is 14.3. The lowest BCUT2D eigenvalue weighted by atomic mass is 9.95. The monoisotopic (exact) mass is 383 g/mol. The summed E-state index contributed by atoms with van der Waals surface area (Å²) in [7, 11) is 0. The van der Waals surface area contributed by atoms with Gasteiger partial charge in [-0.1, -0.05) is 60.7 Å². The average molecular weight is 383 g/mol. The first-order valence-corrected chi connectivity index (χ1v) is 9.85. The van der Waals surface area contributed by atoms with E-state index in [0.717, 1.165) is 39.0 Å². The van der Waals surface area contributed by atoms with E-state index in [-0.39, 0.29) is 5.91 Å². The van der Waals surface area contributed by atoms with Crippen molar-refractivity contribution in [3.05, 3.63) is 90.0 Å². The minimum absolute atomic E-state index is 0.00738.